The highest BCUT2D eigenvalue weighted by Crippen LogP contribution is 2.57. The number of anilines is 4. The molecule has 340 valence electrons. The molecular weight excluding hydrogens is 929 g/mol. The second-order valence-corrected chi connectivity index (χ2v) is 24.2. The molecule has 0 bridgehead atoms. The summed E-state index contributed by atoms with van der Waals surface area (Å²) < 4.78 is 11.0. The minimum Gasteiger partial charge on any atom is -0.318 e. The summed E-state index contributed by atoms with van der Waals surface area (Å²) in [5, 5.41) is 10.9. The molecule has 12 aromatic rings. The Labute approximate surface area is 422 Å². The van der Waals surface area contributed by atoms with Gasteiger partial charge < -0.3 is 19.6 Å². The molecule has 4 unspecified atom stereocenters. The molecule has 2 saturated heterocycles. The second kappa shape index (κ2) is 15.5. The van der Waals surface area contributed by atoms with E-state index in [0.717, 1.165) is 25.7 Å². The maximum absolute atomic E-state index is 2.93. The summed E-state index contributed by atoms with van der Waals surface area (Å²) in [7, 11) is 0. The number of fused-ring (bicyclic) bond motifs is 14. The van der Waals surface area contributed by atoms with Crippen molar-refractivity contribution in [2.24, 2.45) is 0 Å². The van der Waals surface area contributed by atoms with E-state index in [1.807, 2.05) is 45.3 Å². The van der Waals surface area contributed by atoms with Crippen molar-refractivity contribution < 1.29 is 0 Å². The van der Waals surface area contributed by atoms with Gasteiger partial charge in [0.2, 0.25) is 0 Å². The molecule has 6 heterocycles. The lowest BCUT2D eigenvalue weighted by Crippen LogP contribution is -2.40. The van der Waals surface area contributed by atoms with Crippen LogP contribution >= 0.6 is 45.3 Å². The lowest BCUT2D eigenvalue weighted by molar-refractivity contribution is 0.410. The van der Waals surface area contributed by atoms with Crippen molar-refractivity contribution in [3.63, 3.8) is 0 Å². The van der Waals surface area contributed by atoms with Gasteiger partial charge in [-0.15, -0.1) is 45.3 Å². The fourth-order valence-corrected chi connectivity index (χ4v) is 18.4. The zero-order valence-corrected chi connectivity index (χ0v) is 41.8. The van der Waals surface area contributed by atoms with Gasteiger partial charge in [0.15, 0.2) is 11.6 Å². The fourth-order valence-electron chi connectivity index (χ4n) is 13.5. The number of benzene rings is 8. The molecule has 4 fully saturated rings. The molecule has 4 aliphatic rings. The molecule has 16 rings (SSSR count). The molecule has 2 aliphatic carbocycles. The molecule has 4 nitrogen and oxygen atoms in total. The molecule has 70 heavy (non-hydrogen) atoms. The lowest BCUT2D eigenvalue weighted by Gasteiger charge is -2.36. The Morgan fingerprint density at radius 2 is 0.486 bits per heavy atom. The minimum atomic E-state index is 0.281. The molecule has 0 spiro atoms. The maximum atomic E-state index is 2.93. The van der Waals surface area contributed by atoms with E-state index in [1.54, 1.807) is 0 Å². The Morgan fingerprint density at radius 1 is 0.257 bits per heavy atom. The first-order valence-corrected chi connectivity index (χ1v) is 28.6. The SMILES string of the molecule is c1ccc2c(c1)sc1c(N3C(=C4N(c5cccc6c5sc5ccccc56)C5CCCCC5N4c4cccc5c4sc4ccccc45)N(c4cccc5c4sc4ccccc45)C4CCCCC43)cccc12. The van der Waals surface area contributed by atoms with Gasteiger partial charge in [0, 0.05) is 61.9 Å². The van der Waals surface area contributed by atoms with Crippen LogP contribution in [0.1, 0.15) is 51.4 Å². The van der Waals surface area contributed by atoms with Gasteiger partial charge in [-0.25, -0.2) is 0 Å². The van der Waals surface area contributed by atoms with E-state index < -0.39 is 0 Å². The summed E-state index contributed by atoms with van der Waals surface area (Å²) >= 11 is 7.92. The lowest BCUT2D eigenvalue weighted by atomic mass is 9.89. The van der Waals surface area contributed by atoms with Crippen molar-refractivity contribution in [2.75, 3.05) is 19.6 Å². The highest BCUT2D eigenvalue weighted by atomic mass is 32.1. The highest BCUT2D eigenvalue weighted by Gasteiger charge is 2.55. The largest absolute Gasteiger partial charge is 0.318 e. The Hall–Kier alpha value is -6.42. The van der Waals surface area contributed by atoms with Crippen LogP contribution in [0.2, 0.25) is 0 Å². The minimum absolute atomic E-state index is 0.281. The first kappa shape index (κ1) is 40.3. The van der Waals surface area contributed by atoms with Gasteiger partial charge >= 0.3 is 0 Å². The van der Waals surface area contributed by atoms with E-state index >= 15 is 0 Å². The smallest absolute Gasteiger partial charge is 0.156 e. The molecule has 0 amide bonds. The summed E-state index contributed by atoms with van der Waals surface area (Å²) in [5.41, 5.74) is 5.39. The Balaban J connectivity index is 1.08. The predicted octanol–water partition coefficient (Wildman–Crippen LogP) is 18.3. The third-order valence-corrected chi connectivity index (χ3v) is 21.2. The standard InChI is InChI=1S/C62H48N4S4/c1-9-33-53-37(17-1)41-21-13-29-49(57(41)67-53)63-45-25-5-6-26-46(45)64(50-30-14-22-42-38-18-2-10-34-54(38)68-58(42)50)61(63)62-65(51-31-15-23-43-39-19-3-11-35-55(39)69-59(43)51)47-27-7-8-28-48(47)66(62)52-32-16-24-44-40-20-4-12-36-56(40)70-60(44)52/h1-4,9-24,29-36,45-48H,5-8,25-28H2. The van der Waals surface area contributed by atoms with Crippen molar-refractivity contribution in [1.82, 2.24) is 0 Å². The van der Waals surface area contributed by atoms with Gasteiger partial charge in [-0.2, -0.15) is 0 Å². The number of hydrogen-bond donors (Lipinski definition) is 0. The average Bonchev–Trinajstić information content (AvgIpc) is 4.27. The number of nitrogens with zero attached hydrogens (tertiary/aromatic N) is 4. The van der Waals surface area contributed by atoms with E-state index in [0.29, 0.717) is 0 Å². The van der Waals surface area contributed by atoms with Crippen LogP contribution in [0, 0.1) is 0 Å². The normalized spacial score (nSPS) is 20.8. The monoisotopic (exact) mass is 976 g/mol. The predicted molar refractivity (Wildman–Crippen MR) is 306 cm³/mol. The van der Waals surface area contributed by atoms with Crippen LogP contribution in [0.25, 0.3) is 80.7 Å². The van der Waals surface area contributed by atoms with Gasteiger partial charge in [0.05, 0.1) is 65.7 Å². The first-order chi connectivity index (χ1) is 34.8. The maximum Gasteiger partial charge on any atom is 0.156 e. The van der Waals surface area contributed by atoms with E-state index in [4.69, 9.17) is 0 Å². The van der Waals surface area contributed by atoms with Gasteiger partial charge in [-0.05, 0) is 74.2 Å². The van der Waals surface area contributed by atoms with Crippen molar-refractivity contribution in [1.29, 1.82) is 0 Å². The molecule has 4 atom stereocenters. The fraction of sp³-hybridized carbons (Fsp3) is 0.194. The quantitative estimate of drug-likeness (QED) is 0.174. The topological polar surface area (TPSA) is 13.0 Å². The zero-order chi connectivity index (χ0) is 45.6. The number of hydrogen-bond acceptors (Lipinski definition) is 8. The summed E-state index contributed by atoms with van der Waals surface area (Å²) in [6, 6.07) is 66.3. The summed E-state index contributed by atoms with van der Waals surface area (Å²) in [4.78, 5) is 11.7. The Kier molecular flexibility index (Phi) is 8.95. The van der Waals surface area contributed by atoms with Crippen molar-refractivity contribution in [3.8, 4) is 0 Å². The van der Waals surface area contributed by atoms with E-state index in [2.05, 4.69) is 189 Å². The van der Waals surface area contributed by atoms with Crippen LogP contribution in [0.4, 0.5) is 22.7 Å². The molecule has 0 radical (unpaired) electrons. The van der Waals surface area contributed by atoms with Crippen LogP contribution in [0.15, 0.2) is 182 Å². The molecule has 8 aromatic carbocycles. The Morgan fingerprint density at radius 3 is 0.743 bits per heavy atom. The third kappa shape index (κ3) is 5.67. The van der Waals surface area contributed by atoms with Crippen LogP contribution in [0.5, 0.6) is 0 Å². The second-order valence-electron chi connectivity index (χ2n) is 20.0. The van der Waals surface area contributed by atoms with Crippen molar-refractivity contribution in [2.45, 2.75) is 75.5 Å². The van der Waals surface area contributed by atoms with Crippen LogP contribution in [-0.4, -0.2) is 24.2 Å². The number of thiophene rings is 4. The molecule has 2 saturated carbocycles. The molecular formula is C62H48N4S4. The van der Waals surface area contributed by atoms with E-state index in [1.165, 1.54) is 141 Å². The van der Waals surface area contributed by atoms with Crippen LogP contribution < -0.4 is 19.6 Å². The highest BCUT2D eigenvalue weighted by molar-refractivity contribution is 7.27. The zero-order valence-electron chi connectivity index (χ0n) is 38.6. The van der Waals surface area contributed by atoms with Crippen LogP contribution in [0.3, 0.4) is 0 Å². The van der Waals surface area contributed by atoms with E-state index in [9.17, 15) is 0 Å². The Bertz CT molecular complexity index is 3610. The van der Waals surface area contributed by atoms with Crippen molar-refractivity contribution >= 4 is 149 Å². The summed E-state index contributed by atoms with van der Waals surface area (Å²) in [5.74, 6) is 2.69. The average molecular weight is 977 g/mol. The third-order valence-electron chi connectivity index (χ3n) is 16.4. The van der Waals surface area contributed by atoms with Gasteiger partial charge in [-0.3, -0.25) is 0 Å². The summed E-state index contributed by atoms with van der Waals surface area (Å²) in [6.07, 6.45) is 9.49. The van der Waals surface area contributed by atoms with Gasteiger partial charge in [-0.1, -0.05) is 147 Å². The van der Waals surface area contributed by atoms with Crippen LogP contribution in [-0.2, 0) is 0 Å². The van der Waals surface area contributed by atoms with Crippen molar-refractivity contribution in [3.05, 3.63) is 182 Å². The van der Waals surface area contributed by atoms with E-state index in [-0.39, 0.29) is 24.2 Å². The first-order valence-electron chi connectivity index (χ1n) is 25.3. The molecule has 0 N–H and O–H groups in total. The molecule has 2 aliphatic heterocycles. The van der Waals surface area contributed by atoms with Gasteiger partial charge in [0.1, 0.15) is 0 Å². The number of rotatable bonds is 4. The molecule has 4 aromatic heterocycles. The molecule has 8 heteroatoms. The van der Waals surface area contributed by atoms with Gasteiger partial charge in [0.25, 0.3) is 0 Å². The summed E-state index contributed by atoms with van der Waals surface area (Å²) in [6.45, 7) is 0.